The Morgan fingerprint density at radius 1 is 0.903 bits per heavy atom. The van der Waals surface area contributed by atoms with Crippen LogP contribution in [-0.4, -0.2) is 5.97 Å². The molecular weight excluding hydrogens is 483 g/mol. The predicted octanol–water partition coefficient (Wildman–Crippen LogP) is 2.72. The number of thiophene rings is 1. The van der Waals surface area contributed by atoms with Crippen molar-refractivity contribution in [2.45, 2.75) is 13.0 Å². The molecule has 6 heteroatoms. The van der Waals surface area contributed by atoms with E-state index in [-0.39, 0.29) is 36.0 Å². The standard InChI is InChI=1S/C25H19BrO3S.Na/c26-20-9-10-23(29-16-17-5-2-1-3-6-17)22(15-20)21-11-12-30-25(21)19-8-4-7-18(13-19)14-24(27)28;/h1-13,15H,14,16H2,(H,27,28);/q;+1/p-1. The van der Waals surface area contributed by atoms with E-state index in [1.807, 2.05) is 66.0 Å². The molecule has 0 bridgehead atoms. The van der Waals surface area contributed by atoms with Crippen LogP contribution in [0.3, 0.4) is 0 Å². The smallest absolute Gasteiger partial charge is 0.550 e. The van der Waals surface area contributed by atoms with E-state index >= 15 is 0 Å². The summed E-state index contributed by atoms with van der Waals surface area (Å²) in [5.74, 6) is -0.283. The van der Waals surface area contributed by atoms with Crippen molar-refractivity contribution in [3.8, 4) is 27.3 Å². The van der Waals surface area contributed by atoms with Crippen LogP contribution in [0.25, 0.3) is 21.6 Å². The maximum atomic E-state index is 11.0. The van der Waals surface area contributed by atoms with E-state index in [1.54, 1.807) is 17.4 Å². The second-order valence-corrected chi connectivity index (χ2v) is 8.66. The zero-order valence-electron chi connectivity index (χ0n) is 17.0. The van der Waals surface area contributed by atoms with Gasteiger partial charge in [0.25, 0.3) is 0 Å². The SMILES string of the molecule is O=C([O-])Cc1cccc(-c2sccc2-c2cc(Br)ccc2OCc2ccccc2)c1.[Na+]. The van der Waals surface area contributed by atoms with Gasteiger partial charge < -0.3 is 14.6 Å². The van der Waals surface area contributed by atoms with E-state index in [1.165, 1.54) is 0 Å². The largest absolute Gasteiger partial charge is 1.00 e. The van der Waals surface area contributed by atoms with Crippen molar-refractivity contribution >= 4 is 33.2 Å². The zero-order valence-corrected chi connectivity index (χ0v) is 21.4. The van der Waals surface area contributed by atoms with Crippen molar-refractivity contribution in [2.24, 2.45) is 0 Å². The molecule has 1 heterocycles. The van der Waals surface area contributed by atoms with Crippen LogP contribution >= 0.6 is 27.3 Å². The van der Waals surface area contributed by atoms with Gasteiger partial charge in [0, 0.05) is 32.9 Å². The number of hydrogen-bond acceptors (Lipinski definition) is 4. The Bertz CT molecular complexity index is 1170. The molecule has 0 aliphatic heterocycles. The summed E-state index contributed by atoms with van der Waals surface area (Å²) in [6.45, 7) is 0.482. The van der Waals surface area contributed by atoms with Crippen molar-refractivity contribution in [3.05, 3.63) is 99.8 Å². The number of hydrogen-bond donors (Lipinski definition) is 0. The molecule has 0 saturated heterocycles. The fourth-order valence-electron chi connectivity index (χ4n) is 3.31. The van der Waals surface area contributed by atoms with Crippen molar-refractivity contribution in [1.82, 2.24) is 0 Å². The summed E-state index contributed by atoms with van der Waals surface area (Å²) in [7, 11) is 0. The molecule has 0 fully saturated rings. The first-order valence-corrected chi connectivity index (χ1v) is 11.1. The van der Waals surface area contributed by atoms with E-state index in [0.717, 1.165) is 42.9 Å². The first-order chi connectivity index (χ1) is 14.6. The number of aliphatic carboxylic acids is 1. The molecule has 0 amide bonds. The summed E-state index contributed by atoms with van der Waals surface area (Å²) in [6.07, 6.45) is -0.100. The Morgan fingerprint density at radius 3 is 2.45 bits per heavy atom. The van der Waals surface area contributed by atoms with Crippen molar-refractivity contribution in [2.75, 3.05) is 0 Å². The monoisotopic (exact) mass is 500 g/mol. The van der Waals surface area contributed by atoms with Gasteiger partial charge in [-0.05, 0) is 52.4 Å². The Morgan fingerprint density at radius 2 is 1.68 bits per heavy atom. The van der Waals surface area contributed by atoms with Crippen molar-refractivity contribution in [3.63, 3.8) is 0 Å². The van der Waals surface area contributed by atoms with Crippen molar-refractivity contribution < 1.29 is 44.2 Å². The first kappa shape index (κ1) is 23.8. The van der Waals surface area contributed by atoms with Crippen LogP contribution in [0.5, 0.6) is 5.75 Å². The van der Waals surface area contributed by atoms with Gasteiger partial charge in [0.1, 0.15) is 12.4 Å². The number of benzene rings is 3. The number of rotatable bonds is 7. The summed E-state index contributed by atoms with van der Waals surface area (Å²) in [4.78, 5) is 12.1. The van der Waals surface area contributed by atoms with Gasteiger partial charge in [0.15, 0.2) is 0 Å². The molecule has 31 heavy (non-hydrogen) atoms. The molecule has 0 aliphatic rings. The number of carbonyl (C=O) groups is 1. The van der Waals surface area contributed by atoms with Gasteiger partial charge in [0.05, 0.1) is 0 Å². The van der Waals surface area contributed by atoms with Gasteiger partial charge in [-0.1, -0.05) is 64.5 Å². The maximum Gasteiger partial charge on any atom is 1.00 e. The molecule has 4 rings (SSSR count). The molecule has 3 aromatic carbocycles. The second kappa shape index (κ2) is 11.1. The molecule has 0 spiro atoms. The number of ether oxygens (including phenoxy) is 1. The summed E-state index contributed by atoms with van der Waals surface area (Å²) in [6, 6.07) is 25.7. The van der Waals surface area contributed by atoms with Gasteiger partial charge >= 0.3 is 29.6 Å². The fourth-order valence-corrected chi connectivity index (χ4v) is 4.58. The normalized spacial score (nSPS) is 10.4. The summed E-state index contributed by atoms with van der Waals surface area (Å²) in [5.41, 5.74) is 4.85. The average molecular weight is 501 g/mol. The van der Waals surface area contributed by atoms with Crippen molar-refractivity contribution in [1.29, 1.82) is 0 Å². The van der Waals surface area contributed by atoms with Crippen LogP contribution in [-0.2, 0) is 17.8 Å². The summed E-state index contributed by atoms with van der Waals surface area (Å²) < 4.78 is 7.13. The van der Waals surface area contributed by atoms with E-state index in [0.29, 0.717) is 6.61 Å². The zero-order chi connectivity index (χ0) is 20.9. The van der Waals surface area contributed by atoms with Crippen LogP contribution in [0, 0.1) is 0 Å². The number of carbonyl (C=O) groups excluding carboxylic acids is 1. The third-order valence-corrected chi connectivity index (χ3v) is 6.13. The van der Waals surface area contributed by atoms with E-state index < -0.39 is 5.97 Å². The fraction of sp³-hybridized carbons (Fsp3) is 0.0800. The van der Waals surface area contributed by atoms with Gasteiger partial charge in [-0.15, -0.1) is 11.3 Å². The van der Waals surface area contributed by atoms with Gasteiger partial charge in [-0.25, -0.2) is 0 Å². The quantitative estimate of drug-likeness (QED) is 0.366. The Hall–Kier alpha value is -1.89. The molecular formula is C25H18BrNaO3S. The van der Waals surface area contributed by atoms with E-state index in [9.17, 15) is 9.90 Å². The summed E-state index contributed by atoms with van der Waals surface area (Å²) >= 11 is 5.19. The van der Waals surface area contributed by atoms with Gasteiger partial charge in [-0.2, -0.15) is 0 Å². The minimum absolute atomic E-state index is 0. The van der Waals surface area contributed by atoms with Crippen LogP contribution in [0.1, 0.15) is 11.1 Å². The Kier molecular flexibility index (Phi) is 8.52. The molecule has 4 aromatic rings. The third kappa shape index (κ3) is 6.09. The Labute approximate surface area is 216 Å². The van der Waals surface area contributed by atoms with Gasteiger partial charge in [0.2, 0.25) is 0 Å². The van der Waals surface area contributed by atoms with E-state index in [4.69, 9.17) is 4.74 Å². The third-order valence-electron chi connectivity index (χ3n) is 4.67. The molecule has 0 N–H and O–H groups in total. The maximum absolute atomic E-state index is 11.0. The summed E-state index contributed by atoms with van der Waals surface area (Å²) in [5, 5.41) is 13.0. The Balaban J connectivity index is 0.00000272. The van der Waals surface area contributed by atoms with Crippen LogP contribution < -0.4 is 39.4 Å². The number of halogens is 1. The number of carboxylic acid groups (broad SMARTS) is 1. The second-order valence-electron chi connectivity index (χ2n) is 6.83. The molecule has 3 nitrogen and oxygen atoms in total. The van der Waals surface area contributed by atoms with Crippen LogP contribution in [0.2, 0.25) is 0 Å². The molecule has 0 saturated carbocycles. The molecule has 0 aliphatic carbocycles. The van der Waals surface area contributed by atoms with Gasteiger partial charge in [-0.3, -0.25) is 0 Å². The topological polar surface area (TPSA) is 49.4 Å². The minimum Gasteiger partial charge on any atom is -0.550 e. The molecule has 0 atom stereocenters. The molecule has 0 unspecified atom stereocenters. The molecule has 150 valence electrons. The average Bonchev–Trinajstić information content (AvgIpc) is 3.23. The molecule has 0 radical (unpaired) electrons. The predicted molar refractivity (Wildman–Crippen MR) is 122 cm³/mol. The van der Waals surface area contributed by atoms with Crippen LogP contribution in [0.4, 0.5) is 0 Å². The first-order valence-electron chi connectivity index (χ1n) is 9.43. The number of carboxylic acids is 1. The van der Waals surface area contributed by atoms with Crippen LogP contribution in [0.15, 0.2) is 88.7 Å². The minimum atomic E-state index is -1.08. The molecule has 1 aromatic heterocycles. The van der Waals surface area contributed by atoms with E-state index in [2.05, 4.69) is 28.1 Å².